The number of rotatable bonds is 5. The van der Waals surface area contributed by atoms with E-state index in [1.54, 1.807) is 29.0 Å². The summed E-state index contributed by atoms with van der Waals surface area (Å²) in [6.07, 6.45) is 2.38. The molecular formula is C17H24N2O5. The van der Waals surface area contributed by atoms with Gasteiger partial charge in [0.15, 0.2) is 5.76 Å². The number of piperidine rings is 1. The van der Waals surface area contributed by atoms with Crippen LogP contribution in [0.4, 0.5) is 0 Å². The Morgan fingerprint density at radius 1 is 1.38 bits per heavy atom. The molecule has 132 valence electrons. The number of hydrogen-bond acceptors (Lipinski definition) is 5. The Balaban J connectivity index is 1.69. The van der Waals surface area contributed by atoms with Gasteiger partial charge in [-0.25, -0.2) is 0 Å². The van der Waals surface area contributed by atoms with Gasteiger partial charge in [-0.15, -0.1) is 0 Å². The minimum atomic E-state index is -0.495. The lowest BCUT2D eigenvalue weighted by atomic mass is 9.78. The molecule has 1 aromatic rings. The number of amides is 2. The molecule has 7 nitrogen and oxygen atoms in total. The maximum absolute atomic E-state index is 12.8. The van der Waals surface area contributed by atoms with Gasteiger partial charge in [-0.2, -0.15) is 0 Å². The first-order chi connectivity index (χ1) is 11.6. The van der Waals surface area contributed by atoms with E-state index in [-0.39, 0.29) is 24.2 Å². The Morgan fingerprint density at radius 2 is 2.21 bits per heavy atom. The number of aliphatic hydroxyl groups is 1. The summed E-state index contributed by atoms with van der Waals surface area (Å²) in [6, 6.07) is 3.39. The van der Waals surface area contributed by atoms with Crippen molar-refractivity contribution in [3.05, 3.63) is 23.7 Å². The van der Waals surface area contributed by atoms with Gasteiger partial charge in [-0.3, -0.25) is 9.59 Å². The monoisotopic (exact) mass is 336 g/mol. The average Bonchev–Trinajstić information content (AvgIpc) is 3.20. The SMILES string of the molecule is COCc1ccc(C(=O)N2CCC3(CCCN(CCO)C3=O)C2)o1. The summed E-state index contributed by atoms with van der Waals surface area (Å²) >= 11 is 0. The summed E-state index contributed by atoms with van der Waals surface area (Å²) in [6.45, 7) is 2.33. The number of ether oxygens (including phenoxy) is 1. The zero-order valence-electron chi connectivity index (χ0n) is 14.0. The maximum Gasteiger partial charge on any atom is 0.289 e. The van der Waals surface area contributed by atoms with Crippen LogP contribution in [0.5, 0.6) is 0 Å². The number of β-amino-alcohol motifs (C(OH)–C–C–N with tert-alkyl or cyclic N) is 1. The molecular weight excluding hydrogens is 312 g/mol. The number of methoxy groups -OCH3 is 1. The first-order valence-corrected chi connectivity index (χ1v) is 8.37. The van der Waals surface area contributed by atoms with Crippen LogP contribution >= 0.6 is 0 Å². The van der Waals surface area contributed by atoms with Crippen LogP contribution in [0.2, 0.25) is 0 Å². The zero-order valence-corrected chi connectivity index (χ0v) is 14.0. The van der Waals surface area contributed by atoms with Crippen LogP contribution in [-0.2, 0) is 16.1 Å². The molecule has 0 aliphatic carbocycles. The highest BCUT2D eigenvalue weighted by atomic mass is 16.5. The van der Waals surface area contributed by atoms with E-state index in [4.69, 9.17) is 14.3 Å². The molecule has 0 saturated carbocycles. The Labute approximate surface area is 141 Å². The molecule has 1 aromatic heterocycles. The molecule has 24 heavy (non-hydrogen) atoms. The fourth-order valence-electron chi connectivity index (χ4n) is 3.78. The Bertz CT molecular complexity index is 612. The molecule has 1 unspecified atom stereocenters. The van der Waals surface area contributed by atoms with Gasteiger partial charge in [-0.05, 0) is 31.4 Å². The first-order valence-electron chi connectivity index (χ1n) is 8.37. The van der Waals surface area contributed by atoms with Gasteiger partial charge in [0.2, 0.25) is 5.91 Å². The molecule has 2 aliphatic heterocycles. The molecule has 7 heteroatoms. The van der Waals surface area contributed by atoms with Gasteiger partial charge in [-0.1, -0.05) is 0 Å². The van der Waals surface area contributed by atoms with Crippen LogP contribution in [0, 0.1) is 5.41 Å². The fraction of sp³-hybridized carbons (Fsp3) is 0.647. The fourth-order valence-corrected chi connectivity index (χ4v) is 3.78. The standard InChI is InChI=1S/C17H24N2O5/c1-23-11-13-3-4-14(24-13)15(21)19-8-6-17(12-19)5-2-7-18(9-10-20)16(17)22/h3-4,20H,2,5-12H2,1H3. The Kier molecular flexibility index (Phi) is 4.91. The molecule has 2 saturated heterocycles. The average molecular weight is 336 g/mol. The van der Waals surface area contributed by atoms with Gasteiger partial charge in [0.05, 0.1) is 12.0 Å². The second kappa shape index (κ2) is 6.94. The van der Waals surface area contributed by atoms with E-state index in [9.17, 15) is 9.59 Å². The minimum Gasteiger partial charge on any atom is -0.453 e. The predicted molar refractivity (Wildman–Crippen MR) is 85.3 cm³/mol. The van der Waals surface area contributed by atoms with Crippen molar-refractivity contribution in [3.63, 3.8) is 0 Å². The summed E-state index contributed by atoms with van der Waals surface area (Å²) in [4.78, 5) is 28.8. The topological polar surface area (TPSA) is 83.2 Å². The molecule has 2 aliphatic rings. The molecule has 1 N–H and O–H groups in total. The third kappa shape index (κ3) is 3.06. The minimum absolute atomic E-state index is 0.0286. The normalized spacial score (nSPS) is 24.2. The number of nitrogens with zero attached hydrogens (tertiary/aromatic N) is 2. The second-order valence-electron chi connectivity index (χ2n) is 6.58. The molecule has 0 aromatic carbocycles. The number of carbonyl (C=O) groups excluding carboxylic acids is 2. The number of furan rings is 1. The second-order valence-corrected chi connectivity index (χ2v) is 6.58. The van der Waals surface area contributed by atoms with Crippen LogP contribution in [0.3, 0.4) is 0 Å². The van der Waals surface area contributed by atoms with Gasteiger partial charge in [0.1, 0.15) is 12.4 Å². The highest BCUT2D eigenvalue weighted by Gasteiger charge is 2.49. The van der Waals surface area contributed by atoms with Crippen LogP contribution in [0.25, 0.3) is 0 Å². The number of likely N-dealkylation sites (tertiary alicyclic amines) is 2. The van der Waals surface area contributed by atoms with Gasteiger partial charge < -0.3 is 24.1 Å². The molecule has 1 atom stereocenters. The molecule has 0 bridgehead atoms. The molecule has 2 amide bonds. The number of aliphatic hydroxyl groups excluding tert-OH is 1. The first kappa shape index (κ1) is 17.0. The summed E-state index contributed by atoms with van der Waals surface area (Å²) in [5, 5.41) is 9.12. The van der Waals surface area contributed by atoms with Crippen LogP contribution < -0.4 is 0 Å². The summed E-state index contributed by atoms with van der Waals surface area (Å²) in [7, 11) is 1.57. The predicted octanol–water partition coefficient (Wildman–Crippen LogP) is 0.873. The third-order valence-corrected chi connectivity index (χ3v) is 4.99. The Hall–Kier alpha value is -1.86. The largest absolute Gasteiger partial charge is 0.453 e. The maximum atomic E-state index is 12.8. The lowest BCUT2D eigenvalue weighted by molar-refractivity contribution is -0.146. The van der Waals surface area contributed by atoms with Gasteiger partial charge in [0.25, 0.3) is 5.91 Å². The van der Waals surface area contributed by atoms with Gasteiger partial charge in [0, 0.05) is 33.3 Å². The highest BCUT2D eigenvalue weighted by molar-refractivity contribution is 5.93. The summed E-state index contributed by atoms with van der Waals surface area (Å²) in [5.74, 6) is 0.783. The quantitative estimate of drug-likeness (QED) is 0.863. The van der Waals surface area contributed by atoms with Crippen molar-refractivity contribution in [2.45, 2.75) is 25.9 Å². The van der Waals surface area contributed by atoms with Crippen molar-refractivity contribution in [2.24, 2.45) is 5.41 Å². The number of carbonyl (C=O) groups is 2. The molecule has 1 spiro atoms. The van der Waals surface area contributed by atoms with Gasteiger partial charge >= 0.3 is 0 Å². The van der Waals surface area contributed by atoms with Crippen LogP contribution in [0.15, 0.2) is 16.5 Å². The zero-order chi connectivity index (χ0) is 17.2. The third-order valence-electron chi connectivity index (χ3n) is 4.99. The van der Waals surface area contributed by atoms with Crippen LogP contribution in [0.1, 0.15) is 35.6 Å². The van der Waals surface area contributed by atoms with E-state index in [0.29, 0.717) is 45.0 Å². The van der Waals surface area contributed by atoms with E-state index >= 15 is 0 Å². The lowest BCUT2D eigenvalue weighted by Crippen LogP contribution is -2.51. The molecule has 0 radical (unpaired) electrons. The van der Waals surface area contributed by atoms with Crippen molar-refractivity contribution in [2.75, 3.05) is 39.9 Å². The molecule has 3 heterocycles. The Morgan fingerprint density at radius 3 is 2.96 bits per heavy atom. The van der Waals surface area contributed by atoms with Crippen molar-refractivity contribution >= 4 is 11.8 Å². The van der Waals surface area contributed by atoms with Crippen LogP contribution in [-0.4, -0.2) is 66.6 Å². The van der Waals surface area contributed by atoms with Crippen molar-refractivity contribution in [3.8, 4) is 0 Å². The smallest absolute Gasteiger partial charge is 0.289 e. The van der Waals surface area contributed by atoms with E-state index in [2.05, 4.69) is 0 Å². The lowest BCUT2D eigenvalue weighted by Gasteiger charge is -2.39. The molecule has 2 fully saturated rings. The summed E-state index contributed by atoms with van der Waals surface area (Å²) in [5.41, 5.74) is -0.495. The number of hydrogen-bond donors (Lipinski definition) is 1. The van der Waals surface area contributed by atoms with Crippen molar-refractivity contribution in [1.29, 1.82) is 0 Å². The van der Waals surface area contributed by atoms with E-state index in [1.807, 2.05) is 0 Å². The van der Waals surface area contributed by atoms with Crippen molar-refractivity contribution < 1.29 is 23.8 Å². The summed E-state index contributed by atoms with van der Waals surface area (Å²) < 4.78 is 10.5. The van der Waals surface area contributed by atoms with E-state index in [0.717, 1.165) is 12.8 Å². The molecule has 3 rings (SSSR count). The van der Waals surface area contributed by atoms with Crippen molar-refractivity contribution in [1.82, 2.24) is 9.80 Å². The highest BCUT2D eigenvalue weighted by Crippen LogP contribution is 2.40. The van der Waals surface area contributed by atoms with E-state index < -0.39 is 5.41 Å². The van der Waals surface area contributed by atoms with E-state index in [1.165, 1.54) is 0 Å².